The number of nitrogens with two attached hydrogens (primary N) is 1. The number of carbonyl (C=O) groups is 1. The van der Waals surface area contributed by atoms with E-state index in [-0.39, 0.29) is 18.1 Å². The second-order valence-corrected chi connectivity index (χ2v) is 5.07. The molecule has 0 saturated carbocycles. The van der Waals surface area contributed by atoms with Crippen molar-refractivity contribution in [3.63, 3.8) is 0 Å². The van der Waals surface area contributed by atoms with Crippen LogP contribution in [0.5, 0.6) is 5.75 Å². The Hall–Kier alpha value is -1.62. The Bertz CT molecular complexity index is 447. The van der Waals surface area contributed by atoms with Crippen molar-refractivity contribution < 1.29 is 13.9 Å². The van der Waals surface area contributed by atoms with Gasteiger partial charge >= 0.3 is 0 Å². The summed E-state index contributed by atoms with van der Waals surface area (Å²) in [5.74, 6) is -0.321. The summed E-state index contributed by atoms with van der Waals surface area (Å²) in [5, 5.41) is 2.83. The topological polar surface area (TPSA) is 64.3 Å². The van der Waals surface area contributed by atoms with E-state index in [1.54, 1.807) is 12.1 Å². The van der Waals surface area contributed by atoms with E-state index in [0.717, 1.165) is 0 Å². The third kappa shape index (κ3) is 4.52. The number of hydrogen-bond donors (Lipinski definition) is 2. The van der Waals surface area contributed by atoms with Crippen LogP contribution >= 0.6 is 0 Å². The molecule has 1 rings (SSSR count). The van der Waals surface area contributed by atoms with Crippen molar-refractivity contribution in [2.75, 3.05) is 13.7 Å². The van der Waals surface area contributed by atoms with Gasteiger partial charge in [0.25, 0.3) is 0 Å². The van der Waals surface area contributed by atoms with Crippen LogP contribution in [0, 0.1) is 5.82 Å². The predicted octanol–water partition coefficient (Wildman–Crippen LogP) is 1.62. The van der Waals surface area contributed by atoms with Gasteiger partial charge in [-0.15, -0.1) is 0 Å². The second-order valence-electron chi connectivity index (χ2n) is 5.07. The average Bonchev–Trinajstić information content (AvgIpc) is 2.36. The fourth-order valence-electron chi connectivity index (χ4n) is 1.72. The number of benzene rings is 1. The van der Waals surface area contributed by atoms with Gasteiger partial charge in [-0.3, -0.25) is 4.79 Å². The van der Waals surface area contributed by atoms with Gasteiger partial charge in [0, 0.05) is 18.5 Å². The molecule has 5 heteroatoms. The molecule has 0 aliphatic carbocycles. The van der Waals surface area contributed by atoms with Gasteiger partial charge in [-0.05, 0) is 31.9 Å². The second kappa shape index (κ2) is 6.52. The van der Waals surface area contributed by atoms with Crippen molar-refractivity contribution in [2.45, 2.75) is 32.2 Å². The number of para-hydroxylation sites is 1. The van der Waals surface area contributed by atoms with Crippen LogP contribution in [0.2, 0.25) is 0 Å². The molecule has 0 aliphatic rings. The zero-order valence-electron chi connectivity index (χ0n) is 11.6. The third-order valence-corrected chi connectivity index (χ3v) is 2.86. The Morgan fingerprint density at radius 1 is 1.47 bits per heavy atom. The van der Waals surface area contributed by atoms with Gasteiger partial charge in [0.1, 0.15) is 0 Å². The smallest absolute Gasteiger partial charge is 0.220 e. The quantitative estimate of drug-likeness (QED) is 0.824. The maximum Gasteiger partial charge on any atom is 0.220 e. The summed E-state index contributed by atoms with van der Waals surface area (Å²) in [4.78, 5) is 11.8. The van der Waals surface area contributed by atoms with Crippen LogP contribution in [-0.2, 0) is 11.2 Å². The van der Waals surface area contributed by atoms with Crippen molar-refractivity contribution in [2.24, 2.45) is 5.73 Å². The summed E-state index contributed by atoms with van der Waals surface area (Å²) in [7, 11) is 1.42. The highest BCUT2D eigenvalue weighted by Crippen LogP contribution is 2.23. The van der Waals surface area contributed by atoms with Gasteiger partial charge in [-0.1, -0.05) is 12.1 Å². The van der Waals surface area contributed by atoms with E-state index in [9.17, 15) is 9.18 Å². The normalized spacial score (nSPS) is 11.2. The molecule has 0 saturated heterocycles. The highest BCUT2D eigenvalue weighted by atomic mass is 19.1. The molecule has 3 N–H and O–H groups in total. The molecule has 19 heavy (non-hydrogen) atoms. The molecule has 0 spiro atoms. The zero-order chi connectivity index (χ0) is 14.5. The van der Waals surface area contributed by atoms with Crippen LogP contribution in [0.3, 0.4) is 0 Å². The first kappa shape index (κ1) is 15.4. The minimum absolute atomic E-state index is 0.109. The minimum atomic E-state index is -0.427. The van der Waals surface area contributed by atoms with Gasteiger partial charge in [0.2, 0.25) is 5.91 Å². The van der Waals surface area contributed by atoms with E-state index in [1.807, 2.05) is 13.8 Å². The van der Waals surface area contributed by atoms with Gasteiger partial charge in [-0.2, -0.15) is 0 Å². The summed E-state index contributed by atoms with van der Waals surface area (Å²) in [6, 6.07) is 4.69. The van der Waals surface area contributed by atoms with Crippen molar-refractivity contribution >= 4 is 5.91 Å². The Balaban J connectivity index is 2.63. The van der Waals surface area contributed by atoms with E-state index in [2.05, 4.69) is 5.32 Å². The lowest BCUT2D eigenvalue weighted by Crippen LogP contribution is -2.48. The van der Waals surface area contributed by atoms with Crippen molar-refractivity contribution in [3.8, 4) is 5.75 Å². The number of rotatable bonds is 6. The summed E-state index contributed by atoms with van der Waals surface area (Å²) in [6.45, 7) is 4.07. The molecule has 0 radical (unpaired) electrons. The number of aryl methyl sites for hydroxylation is 1. The number of ether oxygens (including phenoxy) is 1. The van der Waals surface area contributed by atoms with E-state index in [1.165, 1.54) is 13.2 Å². The summed E-state index contributed by atoms with van der Waals surface area (Å²) >= 11 is 0. The molecule has 0 atom stereocenters. The predicted molar refractivity (Wildman–Crippen MR) is 72.5 cm³/mol. The molecule has 0 bridgehead atoms. The highest BCUT2D eigenvalue weighted by molar-refractivity contribution is 5.77. The number of amides is 1. The van der Waals surface area contributed by atoms with Crippen LogP contribution in [0.15, 0.2) is 18.2 Å². The van der Waals surface area contributed by atoms with E-state index < -0.39 is 11.4 Å². The Labute approximate surface area is 113 Å². The number of nitrogens with one attached hydrogen (secondary N) is 1. The zero-order valence-corrected chi connectivity index (χ0v) is 11.6. The molecule has 106 valence electrons. The fourth-order valence-corrected chi connectivity index (χ4v) is 1.72. The van der Waals surface area contributed by atoms with Crippen LogP contribution in [-0.4, -0.2) is 25.1 Å². The lowest BCUT2D eigenvalue weighted by atomic mass is 10.0. The summed E-state index contributed by atoms with van der Waals surface area (Å²) in [5.41, 5.74) is 5.80. The molecule has 1 aromatic rings. The van der Waals surface area contributed by atoms with Crippen LogP contribution in [0.1, 0.15) is 25.8 Å². The van der Waals surface area contributed by atoms with E-state index in [0.29, 0.717) is 18.5 Å². The molecular weight excluding hydrogens is 247 g/mol. The Morgan fingerprint density at radius 2 is 2.16 bits per heavy atom. The van der Waals surface area contributed by atoms with Crippen molar-refractivity contribution in [1.29, 1.82) is 0 Å². The fraction of sp³-hybridized carbons (Fsp3) is 0.500. The molecule has 1 amide bonds. The number of methoxy groups -OCH3 is 1. The maximum absolute atomic E-state index is 13.5. The molecule has 4 nitrogen and oxygen atoms in total. The van der Waals surface area contributed by atoms with Crippen molar-refractivity contribution in [3.05, 3.63) is 29.6 Å². The molecule has 0 heterocycles. The van der Waals surface area contributed by atoms with Crippen LogP contribution < -0.4 is 15.8 Å². The standard InChI is InChI=1S/C14H21FN2O2/c1-14(2,9-16)17-12(18)8-7-10-5-4-6-11(15)13(10)19-3/h4-6H,7-9,16H2,1-3H3,(H,17,18). The molecule has 1 aromatic carbocycles. The first-order valence-corrected chi connectivity index (χ1v) is 6.22. The molecule has 0 unspecified atom stereocenters. The molecule has 0 aromatic heterocycles. The first-order chi connectivity index (χ1) is 8.89. The van der Waals surface area contributed by atoms with E-state index >= 15 is 0 Å². The van der Waals surface area contributed by atoms with Crippen molar-refractivity contribution in [1.82, 2.24) is 5.32 Å². The van der Waals surface area contributed by atoms with Gasteiger partial charge in [0.05, 0.1) is 7.11 Å². The lowest BCUT2D eigenvalue weighted by molar-refractivity contribution is -0.122. The molecular formula is C14H21FN2O2. The lowest BCUT2D eigenvalue weighted by Gasteiger charge is -2.24. The Kier molecular flexibility index (Phi) is 5.30. The summed E-state index contributed by atoms with van der Waals surface area (Å²) in [6.07, 6.45) is 0.691. The molecule has 0 aliphatic heterocycles. The largest absolute Gasteiger partial charge is 0.493 e. The first-order valence-electron chi connectivity index (χ1n) is 6.22. The number of carbonyl (C=O) groups excluding carboxylic acids is 1. The van der Waals surface area contributed by atoms with Gasteiger partial charge < -0.3 is 15.8 Å². The average molecular weight is 268 g/mol. The third-order valence-electron chi connectivity index (χ3n) is 2.86. The van der Waals surface area contributed by atoms with Crippen LogP contribution in [0.25, 0.3) is 0 Å². The summed E-state index contributed by atoms with van der Waals surface area (Å²) < 4.78 is 18.5. The SMILES string of the molecule is COc1c(F)cccc1CCC(=O)NC(C)(C)CN. The minimum Gasteiger partial charge on any atom is -0.493 e. The van der Waals surface area contributed by atoms with Crippen LogP contribution in [0.4, 0.5) is 4.39 Å². The maximum atomic E-state index is 13.5. The van der Waals surface area contributed by atoms with E-state index in [4.69, 9.17) is 10.5 Å². The number of hydrogen-bond acceptors (Lipinski definition) is 3. The molecule has 0 fully saturated rings. The number of halogens is 1. The van der Waals surface area contributed by atoms with Gasteiger partial charge in [0.15, 0.2) is 11.6 Å². The highest BCUT2D eigenvalue weighted by Gasteiger charge is 2.18. The monoisotopic (exact) mass is 268 g/mol. The Morgan fingerprint density at radius 3 is 2.74 bits per heavy atom. The van der Waals surface area contributed by atoms with Gasteiger partial charge in [-0.25, -0.2) is 4.39 Å².